The summed E-state index contributed by atoms with van der Waals surface area (Å²) in [5.74, 6) is 0.154. The lowest BCUT2D eigenvalue weighted by atomic mass is 10.3. The molecular formula is C8H4N4. The molecule has 4 heteroatoms. The Kier molecular flexibility index (Phi) is 1.42. The van der Waals surface area contributed by atoms with Gasteiger partial charge < -0.3 is 0 Å². The summed E-state index contributed by atoms with van der Waals surface area (Å²) in [6, 6.07) is 5.51. The van der Waals surface area contributed by atoms with E-state index in [1.807, 2.05) is 12.1 Å². The van der Waals surface area contributed by atoms with Crippen LogP contribution < -0.4 is 0 Å². The van der Waals surface area contributed by atoms with Crippen LogP contribution in [0.1, 0.15) is 5.82 Å². The molecule has 2 aromatic heterocycles. The maximum atomic E-state index is 8.49. The quantitative estimate of drug-likeness (QED) is 0.568. The second-order valence-corrected chi connectivity index (χ2v) is 2.22. The van der Waals surface area contributed by atoms with Crippen LogP contribution >= 0.6 is 0 Å². The van der Waals surface area contributed by atoms with E-state index in [4.69, 9.17) is 5.26 Å². The van der Waals surface area contributed by atoms with Crippen molar-refractivity contribution in [2.45, 2.75) is 0 Å². The highest BCUT2D eigenvalue weighted by molar-refractivity contribution is 5.73. The smallest absolute Gasteiger partial charge is 0.234 e. The predicted molar refractivity (Wildman–Crippen MR) is 42.0 cm³/mol. The van der Waals surface area contributed by atoms with Gasteiger partial charge in [-0.1, -0.05) is 0 Å². The molecule has 0 N–H and O–H groups in total. The predicted octanol–water partition coefficient (Wildman–Crippen LogP) is 0.896. The highest BCUT2D eigenvalue weighted by atomic mass is 14.9. The Morgan fingerprint density at radius 3 is 3.08 bits per heavy atom. The first kappa shape index (κ1) is 6.68. The van der Waals surface area contributed by atoms with Gasteiger partial charge in [-0.3, -0.25) is 0 Å². The van der Waals surface area contributed by atoms with Crippen LogP contribution in [0.25, 0.3) is 11.0 Å². The summed E-state index contributed by atoms with van der Waals surface area (Å²) in [4.78, 5) is 11.7. The van der Waals surface area contributed by atoms with Gasteiger partial charge in [-0.25, -0.2) is 9.97 Å². The van der Waals surface area contributed by atoms with Gasteiger partial charge in [-0.05, 0) is 12.1 Å². The fourth-order valence-electron chi connectivity index (χ4n) is 0.917. The van der Waals surface area contributed by atoms with Crippen molar-refractivity contribution in [3.05, 3.63) is 30.4 Å². The van der Waals surface area contributed by atoms with Crippen molar-refractivity contribution in [2.75, 3.05) is 0 Å². The molecule has 0 radical (unpaired) electrons. The molecule has 12 heavy (non-hydrogen) atoms. The molecule has 2 rings (SSSR count). The minimum Gasteiger partial charge on any atom is -0.236 e. The van der Waals surface area contributed by atoms with E-state index < -0.39 is 0 Å². The highest BCUT2D eigenvalue weighted by Crippen LogP contribution is 2.05. The minimum atomic E-state index is 0.154. The van der Waals surface area contributed by atoms with Crippen molar-refractivity contribution in [3.63, 3.8) is 0 Å². The normalized spacial score (nSPS) is 9.58. The molecule has 0 unspecified atom stereocenters. The lowest BCUT2D eigenvalue weighted by Gasteiger charge is -1.92. The van der Waals surface area contributed by atoms with Crippen molar-refractivity contribution in [1.82, 2.24) is 15.0 Å². The standard InChI is InChI=1S/C8H4N4/c9-4-7-11-5-6-2-1-3-10-8(6)12-7/h1-3,5H. The zero-order chi connectivity index (χ0) is 8.39. The SMILES string of the molecule is N#Cc1ncc2cccnc2n1. The molecule has 0 aliphatic rings. The lowest BCUT2D eigenvalue weighted by molar-refractivity contribution is 1.13. The first-order chi connectivity index (χ1) is 5.90. The summed E-state index contributed by atoms with van der Waals surface area (Å²) in [6.07, 6.45) is 3.23. The molecule has 2 heterocycles. The number of rotatable bonds is 0. The summed E-state index contributed by atoms with van der Waals surface area (Å²) in [6.45, 7) is 0. The molecule has 0 amide bonds. The van der Waals surface area contributed by atoms with Crippen LogP contribution in [0.5, 0.6) is 0 Å². The van der Waals surface area contributed by atoms with Gasteiger partial charge in [0, 0.05) is 17.8 Å². The first-order valence-corrected chi connectivity index (χ1v) is 3.38. The van der Waals surface area contributed by atoms with Gasteiger partial charge in [0.2, 0.25) is 5.82 Å². The second kappa shape index (κ2) is 2.55. The van der Waals surface area contributed by atoms with Crippen molar-refractivity contribution >= 4 is 11.0 Å². The molecule has 0 spiro atoms. The summed E-state index contributed by atoms with van der Waals surface area (Å²) >= 11 is 0. The third-order valence-electron chi connectivity index (χ3n) is 1.45. The van der Waals surface area contributed by atoms with Crippen LogP contribution in [0.15, 0.2) is 24.5 Å². The Morgan fingerprint density at radius 1 is 1.33 bits per heavy atom. The summed E-state index contributed by atoms with van der Waals surface area (Å²) in [7, 11) is 0. The van der Waals surface area contributed by atoms with Gasteiger partial charge in [-0.15, -0.1) is 0 Å². The first-order valence-electron chi connectivity index (χ1n) is 3.38. The molecule has 2 aromatic rings. The van der Waals surface area contributed by atoms with E-state index in [9.17, 15) is 0 Å². The number of aromatic nitrogens is 3. The van der Waals surface area contributed by atoms with E-state index in [0.29, 0.717) is 5.65 Å². The van der Waals surface area contributed by atoms with Crippen LogP contribution in [0.2, 0.25) is 0 Å². The molecule has 0 aliphatic carbocycles. The summed E-state index contributed by atoms with van der Waals surface area (Å²) in [5, 5.41) is 9.34. The topological polar surface area (TPSA) is 62.5 Å². The summed E-state index contributed by atoms with van der Waals surface area (Å²) in [5.41, 5.74) is 0.559. The van der Waals surface area contributed by atoms with E-state index in [-0.39, 0.29) is 5.82 Å². The lowest BCUT2D eigenvalue weighted by Crippen LogP contribution is -1.90. The second-order valence-electron chi connectivity index (χ2n) is 2.22. The molecule has 0 saturated carbocycles. The fourth-order valence-corrected chi connectivity index (χ4v) is 0.917. The van der Waals surface area contributed by atoms with Gasteiger partial charge in [-0.2, -0.15) is 10.2 Å². The Labute approximate surface area is 68.5 Å². The van der Waals surface area contributed by atoms with Gasteiger partial charge in [0.05, 0.1) is 0 Å². The van der Waals surface area contributed by atoms with Crippen molar-refractivity contribution in [1.29, 1.82) is 5.26 Å². The monoisotopic (exact) mass is 156 g/mol. The maximum absolute atomic E-state index is 8.49. The van der Waals surface area contributed by atoms with Gasteiger partial charge in [0.25, 0.3) is 0 Å². The summed E-state index contributed by atoms with van der Waals surface area (Å²) < 4.78 is 0. The van der Waals surface area contributed by atoms with Crippen molar-refractivity contribution in [2.24, 2.45) is 0 Å². The van der Waals surface area contributed by atoms with Gasteiger partial charge >= 0.3 is 0 Å². The average Bonchev–Trinajstić information content (AvgIpc) is 2.17. The number of pyridine rings is 1. The number of hydrogen-bond acceptors (Lipinski definition) is 4. The number of hydrogen-bond donors (Lipinski definition) is 0. The molecule has 0 atom stereocenters. The molecule has 0 bridgehead atoms. The highest BCUT2D eigenvalue weighted by Gasteiger charge is 1.97. The number of nitrogens with zero attached hydrogens (tertiary/aromatic N) is 4. The zero-order valence-electron chi connectivity index (χ0n) is 6.10. The molecule has 56 valence electrons. The molecule has 4 nitrogen and oxygen atoms in total. The Morgan fingerprint density at radius 2 is 2.25 bits per heavy atom. The molecule has 0 aromatic carbocycles. The van der Waals surface area contributed by atoms with Crippen LogP contribution in [-0.2, 0) is 0 Å². The molecule has 0 fully saturated rings. The zero-order valence-corrected chi connectivity index (χ0v) is 6.10. The van der Waals surface area contributed by atoms with E-state index >= 15 is 0 Å². The fraction of sp³-hybridized carbons (Fsp3) is 0. The maximum Gasteiger partial charge on any atom is 0.234 e. The van der Waals surface area contributed by atoms with E-state index in [1.54, 1.807) is 18.5 Å². The molecule has 0 aliphatic heterocycles. The molecular weight excluding hydrogens is 152 g/mol. The molecule has 0 saturated heterocycles. The van der Waals surface area contributed by atoms with Crippen molar-refractivity contribution in [3.8, 4) is 6.07 Å². The van der Waals surface area contributed by atoms with Crippen LogP contribution in [0.4, 0.5) is 0 Å². The van der Waals surface area contributed by atoms with Crippen LogP contribution in [-0.4, -0.2) is 15.0 Å². The van der Waals surface area contributed by atoms with Crippen LogP contribution in [0.3, 0.4) is 0 Å². The third-order valence-corrected chi connectivity index (χ3v) is 1.45. The number of fused-ring (bicyclic) bond motifs is 1. The van der Waals surface area contributed by atoms with E-state index in [1.165, 1.54) is 0 Å². The number of nitriles is 1. The van der Waals surface area contributed by atoms with Crippen molar-refractivity contribution < 1.29 is 0 Å². The Hall–Kier alpha value is -2.02. The Bertz CT molecular complexity index is 458. The largest absolute Gasteiger partial charge is 0.236 e. The van der Waals surface area contributed by atoms with E-state index in [0.717, 1.165) is 5.39 Å². The van der Waals surface area contributed by atoms with E-state index in [2.05, 4.69) is 15.0 Å². The average molecular weight is 156 g/mol. The third kappa shape index (κ3) is 0.974. The minimum absolute atomic E-state index is 0.154. The van der Waals surface area contributed by atoms with Crippen LogP contribution in [0, 0.1) is 11.3 Å². The van der Waals surface area contributed by atoms with Gasteiger partial charge in [0.1, 0.15) is 6.07 Å². The van der Waals surface area contributed by atoms with Gasteiger partial charge in [0.15, 0.2) is 5.65 Å². The Balaban J connectivity index is 2.78.